The first-order chi connectivity index (χ1) is 12.9. The molecule has 0 atom stereocenters. The highest BCUT2D eigenvalue weighted by atomic mass is 79.9. The van der Waals surface area contributed by atoms with Crippen molar-refractivity contribution in [3.63, 3.8) is 0 Å². The number of hydrogen-bond acceptors (Lipinski definition) is 5. The molecule has 0 aliphatic rings. The number of hydrazone groups is 1. The second kappa shape index (κ2) is 9.94. The van der Waals surface area contributed by atoms with Crippen LogP contribution in [0.4, 0.5) is 5.69 Å². The molecule has 0 aromatic heterocycles. The number of ether oxygens (including phenoxy) is 2. The maximum absolute atomic E-state index is 11.9. The van der Waals surface area contributed by atoms with Crippen molar-refractivity contribution in [1.82, 2.24) is 5.43 Å². The van der Waals surface area contributed by atoms with E-state index in [2.05, 4.69) is 31.8 Å². The van der Waals surface area contributed by atoms with Crippen molar-refractivity contribution < 1.29 is 19.1 Å². The summed E-state index contributed by atoms with van der Waals surface area (Å²) in [5.74, 6) is 0.0184. The third-order valence-electron chi connectivity index (χ3n) is 3.36. The number of amides is 2. The van der Waals surface area contributed by atoms with Gasteiger partial charge in [0.2, 0.25) is 11.8 Å². The van der Waals surface area contributed by atoms with Gasteiger partial charge in [0.05, 0.1) is 31.1 Å². The van der Waals surface area contributed by atoms with E-state index in [1.807, 2.05) is 0 Å². The standard InChI is InChI=1S/C18H17BrClN3O4/c1-26-15-7-11(12(19)8-16(15)27-2)10-21-23-18(25)9-17(24)22-14-6-4-3-5-13(14)20/h3-8,10H,9H2,1-2H3,(H,22,24)(H,23,25). The molecule has 0 saturated heterocycles. The van der Waals surface area contributed by atoms with Gasteiger partial charge < -0.3 is 14.8 Å². The van der Waals surface area contributed by atoms with Crippen LogP contribution in [-0.2, 0) is 9.59 Å². The lowest BCUT2D eigenvalue weighted by Gasteiger charge is -2.09. The van der Waals surface area contributed by atoms with Crippen molar-refractivity contribution in [2.24, 2.45) is 5.10 Å². The number of nitrogens with one attached hydrogen (secondary N) is 2. The summed E-state index contributed by atoms with van der Waals surface area (Å²) in [6.45, 7) is 0. The number of benzene rings is 2. The molecule has 2 aromatic rings. The van der Waals surface area contributed by atoms with E-state index in [1.54, 1.807) is 36.4 Å². The fourth-order valence-corrected chi connectivity index (χ4v) is 2.69. The van der Waals surface area contributed by atoms with Crippen molar-refractivity contribution >= 4 is 51.2 Å². The van der Waals surface area contributed by atoms with E-state index in [9.17, 15) is 9.59 Å². The monoisotopic (exact) mass is 453 g/mol. The zero-order valence-corrected chi connectivity index (χ0v) is 16.9. The Morgan fingerprint density at radius 1 is 1.15 bits per heavy atom. The van der Waals surface area contributed by atoms with Gasteiger partial charge in [-0.2, -0.15) is 5.10 Å². The van der Waals surface area contributed by atoms with E-state index >= 15 is 0 Å². The van der Waals surface area contributed by atoms with E-state index in [4.69, 9.17) is 21.1 Å². The molecule has 0 spiro atoms. The first-order valence-electron chi connectivity index (χ1n) is 7.72. The van der Waals surface area contributed by atoms with Gasteiger partial charge in [-0.25, -0.2) is 5.43 Å². The molecule has 2 N–H and O–H groups in total. The number of anilines is 1. The summed E-state index contributed by atoms with van der Waals surface area (Å²) in [5, 5.41) is 6.81. The van der Waals surface area contributed by atoms with Gasteiger partial charge in [0, 0.05) is 10.0 Å². The summed E-state index contributed by atoms with van der Waals surface area (Å²) in [7, 11) is 3.05. The summed E-state index contributed by atoms with van der Waals surface area (Å²) >= 11 is 9.34. The average Bonchev–Trinajstić information content (AvgIpc) is 2.64. The van der Waals surface area contributed by atoms with Gasteiger partial charge in [-0.15, -0.1) is 0 Å². The van der Waals surface area contributed by atoms with Crippen LogP contribution in [0.3, 0.4) is 0 Å². The Morgan fingerprint density at radius 2 is 1.81 bits per heavy atom. The largest absolute Gasteiger partial charge is 0.493 e. The summed E-state index contributed by atoms with van der Waals surface area (Å²) < 4.78 is 11.1. The van der Waals surface area contributed by atoms with Gasteiger partial charge in [0.15, 0.2) is 11.5 Å². The minimum atomic E-state index is -0.563. The van der Waals surface area contributed by atoms with Gasteiger partial charge in [0.1, 0.15) is 6.42 Å². The van der Waals surface area contributed by atoms with Crippen LogP contribution in [0.15, 0.2) is 46.0 Å². The fourth-order valence-electron chi connectivity index (χ4n) is 2.08. The van der Waals surface area contributed by atoms with Crippen LogP contribution in [0.1, 0.15) is 12.0 Å². The van der Waals surface area contributed by atoms with Crippen LogP contribution in [0.25, 0.3) is 0 Å². The molecule has 0 radical (unpaired) electrons. The summed E-state index contributed by atoms with van der Waals surface area (Å²) in [6, 6.07) is 10.2. The Hall–Kier alpha value is -2.58. The number of rotatable bonds is 7. The molecule has 0 bridgehead atoms. The number of carbonyl (C=O) groups is 2. The molecule has 27 heavy (non-hydrogen) atoms. The molecule has 142 valence electrons. The highest BCUT2D eigenvalue weighted by Gasteiger charge is 2.11. The Kier molecular flexibility index (Phi) is 7.63. The van der Waals surface area contributed by atoms with Crippen molar-refractivity contribution in [2.45, 2.75) is 6.42 Å². The highest BCUT2D eigenvalue weighted by Crippen LogP contribution is 2.32. The van der Waals surface area contributed by atoms with Crippen LogP contribution in [0.5, 0.6) is 11.5 Å². The molecular weight excluding hydrogens is 438 g/mol. The molecule has 2 rings (SSSR count). The van der Waals surface area contributed by atoms with E-state index in [0.29, 0.717) is 32.2 Å². The Morgan fingerprint density at radius 3 is 2.48 bits per heavy atom. The Balaban J connectivity index is 1.93. The number of nitrogens with zero attached hydrogens (tertiary/aromatic N) is 1. The number of halogens is 2. The smallest absolute Gasteiger partial charge is 0.249 e. The van der Waals surface area contributed by atoms with Crippen LogP contribution in [0, 0.1) is 0 Å². The predicted molar refractivity (Wildman–Crippen MR) is 108 cm³/mol. The van der Waals surface area contributed by atoms with Crippen molar-refractivity contribution in [2.75, 3.05) is 19.5 Å². The second-order valence-corrected chi connectivity index (χ2v) is 6.49. The van der Waals surface area contributed by atoms with Crippen LogP contribution in [-0.4, -0.2) is 32.2 Å². The first kappa shape index (κ1) is 20.7. The van der Waals surface area contributed by atoms with E-state index in [-0.39, 0.29) is 0 Å². The topological polar surface area (TPSA) is 89.0 Å². The molecule has 2 amide bonds. The molecule has 9 heteroatoms. The fraction of sp³-hybridized carbons (Fsp3) is 0.167. The van der Waals surface area contributed by atoms with Crippen molar-refractivity contribution in [1.29, 1.82) is 0 Å². The third kappa shape index (κ3) is 5.97. The summed E-state index contributed by atoms with van der Waals surface area (Å²) in [4.78, 5) is 23.7. The molecule has 0 saturated carbocycles. The molecule has 7 nitrogen and oxygen atoms in total. The van der Waals surface area contributed by atoms with Gasteiger partial charge in [-0.1, -0.05) is 23.7 Å². The molecule has 0 aliphatic heterocycles. The van der Waals surface area contributed by atoms with Crippen LogP contribution >= 0.6 is 27.5 Å². The molecular formula is C18H17BrClN3O4. The van der Waals surface area contributed by atoms with Gasteiger partial charge in [-0.3, -0.25) is 9.59 Å². The first-order valence-corrected chi connectivity index (χ1v) is 8.89. The van der Waals surface area contributed by atoms with Crippen LogP contribution in [0.2, 0.25) is 5.02 Å². The highest BCUT2D eigenvalue weighted by molar-refractivity contribution is 9.10. The van der Waals surface area contributed by atoms with Gasteiger partial charge in [0.25, 0.3) is 0 Å². The Labute approximate surface area is 169 Å². The number of methoxy groups -OCH3 is 2. The minimum absolute atomic E-state index is 0.391. The zero-order valence-electron chi connectivity index (χ0n) is 14.6. The van der Waals surface area contributed by atoms with E-state index in [1.165, 1.54) is 20.4 Å². The summed E-state index contributed by atoms with van der Waals surface area (Å²) in [5.41, 5.74) is 3.40. The zero-order chi connectivity index (χ0) is 19.8. The molecule has 0 fully saturated rings. The third-order valence-corrected chi connectivity index (χ3v) is 4.38. The number of para-hydroxylation sites is 1. The average molecular weight is 455 g/mol. The molecule has 0 aliphatic carbocycles. The summed E-state index contributed by atoms with van der Waals surface area (Å²) in [6.07, 6.45) is 1.03. The SMILES string of the molecule is COc1cc(Br)c(C=NNC(=O)CC(=O)Nc2ccccc2Cl)cc1OC. The number of carbonyl (C=O) groups excluding carboxylic acids is 2. The quantitative estimate of drug-likeness (QED) is 0.380. The number of hydrogen-bond donors (Lipinski definition) is 2. The molecule has 0 heterocycles. The normalized spacial score (nSPS) is 10.5. The van der Waals surface area contributed by atoms with Crippen molar-refractivity contribution in [3.8, 4) is 11.5 Å². The van der Waals surface area contributed by atoms with Crippen LogP contribution < -0.4 is 20.2 Å². The lowest BCUT2D eigenvalue weighted by atomic mass is 10.2. The van der Waals surface area contributed by atoms with E-state index < -0.39 is 18.2 Å². The predicted octanol–water partition coefficient (Wildman–Crippen LogP) is 3.60. The second-order valence-electron chi connectivity index (χ2n) is 5.23. The van der Waals surface area contributed by atoms with Gasteiger partial charge in [-0.05, 0) is 40.2 Å². The molecule has 0 unspecified atom stereocenters. The Bertz CT molecular complexity index is 874. The lowest BCUT2D eigenvalue weighted by molar-refractivity contribution is -0.126. The minimum Gasteiger partial charge on any atom is -0.493 e. The maximum Gasteiger partial charge on any atom is 0.249 e. The van der Waals surface area contributed by atoms with Crippen molar-refractivity contribution in [3.05, 3.63) is 51.5 Å². The lowest BCUT2D eigenvalue weighted by Crippen LogP contribution is -2.24. The van der Waals surface area contributed by atoms with E-state index in [0.717, 1.165) is 0 Å². The van der Waals surface area contributed by atoms with Gasteiger partial charge >= 0.3 is 0 Å². The molecule has 2 aromatic carbocycles. The maximum atomic E-state index is 11.9.